The number of anilines is 2. The van der Waals surface area contributed by atoms with Gasteiger partial charge >= 0.3 is 11.5 Å². The SMILES string of the molecule is CCN(C)Cc1ccc(-n2cc(C(=O)O)c(=O)c3cc(F)c(N4CCN(c5ncccn5)CC4)c(OC(F)(F)Cl)c32)cc1. The lowest BCUT2D eigenvalue weighted by atomic mass is 10.1. The summed E-state index contributed by atoms with van der Waals surface area (Å²) in [4.78, 5) is 39.1. The van der Waals surface area contributed by atoms with Crippen LogP contribution >= 0.6 is 11.6 Å². The molecule has 0 spiro atoms. The van der Waals surface area contributed by atoms with Crippen LogP contribution in [0.3, 0.4) is 0 Å². The molecule has 0 saturated carbocycles. The summed E-state index contributed by atoms with van der Waals surface area (Å²) in [6.07, 6.45) is 4.20. The van der Waals surface area contributed by atoms with E-state index < -0.39 is 39.5 Å². The maximum absolute atomic E-state index is 15.9. The lowest BCUT2D eigenvalue weighted by Gasteiger charge is -2.37. The van der Waals surface area contributed by atoms with Crippen molar-refractivity contribution in [3.05, 3.63) is 82.2 Å². The van der Waals surface area contributed by atoms with Crippen LogP contribution in [0, 0.1) is 5.82 Å². The molecule has 43 heavy (non-hydrogen) atoms. The second-order valence-electron chi connectivity index (χ2n) is 10.0. The highest BCUT2D eigenvalue weighted by Gasteiger charge is 2.35. The number of aromatic nitrogens is 3. The zero-order chi connectivity index (χ0) is 30.9. The van der Waals surface area contributed by atoms with Crippen molar-refractivity contribution < 1.29 is 27.8 Å². The normalized spacial score (nSPS) is 14.0. The predicted octanol–water partition coefficient (Wildman–Crippen LogP) is 4.56. The number of pyridine rings is 1. The van der Waals surface area contributed by atoms with E-state index in [1.165, 1.54) is 9.47 Å². The highest BCUT2D eigenvalue weighted by atomic mass is 35.5. The van der Waals surface area contributed by atoms with E-state index in [9.17, 15) is 23.5 Å². The molecule has 0 amide bonds. The van der Waals surface area contributed by atoms with Gasteiger partial charge in [0.2, 0.25) is 11.4 Å². The molecule has 4 aromatic rings. The molecule has 0 aliphatic carbocycles. The van der Waals surface area contributed by atoms with E-state index in [1.54, 1.807) is 42.7 Å². The van der Waals surface area contributed by atoms with Crippen LogP contribution in [0.2, 0.25) is 0 Å². The smallest absolute Gasteiger partial charge is 0.477 e. The summed E-state index contributed by atoms with van der Waals surface area (Å²) < 4.78 is 50.7. The highest BCUT2D eigenvalue weighted by molar-refractivity contribution is 6.21. The Hall–Kier alpha value is -4.36. The van der Waals surface area contributed by atoms with E-state index in [-0.39, 0.29) is 24.3 Å². The summed E-state index contributed by atoms with van der Waals surface area (Å²) in [6, 6.07) is 9.41. The third-order valence-electron chi connectivity index (χ3n) is 7.26. The Kier molecular flexibility index (Phi) is 8.47. The first kappa shape index (κ1) is 30.1. The van der Waals surface area contributed by atoms with Gasteiger partial charge in [-0.3, -0.25) is 4.79 Å². The van der Waals surface area contributed by atoms with Gasteiger partial charge in [0, 0.05) is 68.6 Å². The first-order chi connectivity index (χ1) is 20.5. The fourth-order valence-corrected chi connectivity index (χ4v) is 5.13. The molecule has 1 aliphatic heterocycles. The molecule has 1 saturated heterocycles. The summed E-state index contributed by atoms with van der Waals surface area (Å²) in [5, 5.41) is 9.31. The number of hydrogen-bond donors (Lipinski definition) is 1. The van der Waals surface area contributed by atoms with Crippen LogP contribution in [0.15, 0.2) is 59.8 Å². The standard InChI is InChI=1S/C29H28ClF3N6O4/c1-3-36(2)16-18-5-7-19(8-6-18)39-17-21(27(41)42)25(40)20-15-22(31)24(26(23(20)39)43-29(30,32)33)37-11-13-38(14-12-37)28-34-9-4-10-35-28/h4-10,15,17H,3,11-14,16H2,1-2H3,(H,41,42). The van der Waals surface area contributed by atoms with Crippen LogP contribution in [0.25, 0.3) is 16.6 Å². The van der Waals surface area contributed by atoms with E-state index in [4.69, 9.17) is 16.3 Å². The van der Waals surface area contributed by atoms with E-state index in [2.05, 4.69) is 14.9 Å². The Balaban J connectivity index is 1.69. The van der Waals surface area contributed by atoms with Crippen molar-refractivity contribution in [1.29, 1.82) is 0 Å². The van der Waals surface area contributed by atoms with Gasteiger partial charge in [-0.05, 0) is 43.4 Å². The number of carboxylic acids is 1. The first-order valence-electron chi connectivity index (χ1n) is 13.4. The predicted molar refractivity (Wildman–Crippen MR) is 156 cm³/mol. The number of ether oxygens (including phenoxy) is 1. The van der Waals surface area contributed by atoms with Gasteiger partial charge in [0.1, 0.15) is 16.8 Å². The van der Waals surface area contributed by atoms with Crippen LogP contribution in [0.5, 0.6) is 5.75 Å². The molecule has 5 rings (SSSR count). The van der Waals surface area contributed by atoms with Crippen molar-refractivity contribution in [2.24, 2.45) is 0 Å². The van der Waals surface area contributed by atoms with Crippen LogP contribution in [0.4, 0.5) is 24.8 Å². The molecule has 226 valence electrons. The van der Waals surface area contributed by atoms with E-state index >= 15 is 4.39 Å². The van der Waals surface area contributed by atoms with Gasteiger partial charge in [-0.2, -0.15) is 0 Å². The van der Waals surface area contributed by atoms with Gasteiger partial charge < -0.3 is 29.1 Å². The number of nitrogens with zero attached hydrogens (tertiary/aromatic N) is 6. The topological polar surface area (TPSA) is 104 Å². The molecule has 0 bridgehead atoms. The number of carbonyl (C=O) groups is 1. The maximum atomic E-state index is 15.9. The fraction of sp³-hybridized carbons (Fsp3) is 0.310. The largest absolute Gasteiger partial charge is 0.487 e. The number of fused-ring (bicyclic) bond motifs is 1. The van der Waals surface area contributed by atoms with Gasteiger partial charge in [-0.25, -0.2) is 19.2 Å². The third kappa shape index (κ3) is 6.37. The Morgan fingerprint density at radius 2 is 1.74 bits per heavy atom. The molecule has 1 aliphatic rings. The van der Waals surface area contributed by atoms with Gasteiger partial charge in [-0.1, -0.05) is 19.1 Å². The molecule has 0 atom stereocenters. The summed E-state index contributed by atoms with van der Waals surface area (Å²) in [5.74, 6) is -2.83. The van der Waals surface area contributed by atoms with E-state index in [1.807, 2.05) is 18.9 Å². The second kappa shape index (κ2) is 12.1. The van der Waals surface area contributed by atoms with Gasteiger partial charge in [0.15, 0.2) is 11.6 Å². The van der Waals surface area contributed by atoms with Crippen molar-refractivity contribution >= 4 is 40.1 Å². The van der Waals surface area contributed by atoms with Gasteiger partial charge in [0.25, 0.3) is 0 Å². The molecular weight excluding hydrogens is 589 g/mol. The molecule has 0 radical (unpaired) electrons. The minimum absolute atomic E-state index is 0.169. The third-order valence-corrected chi connectivity index (χ3v) is 7.33. The summed E-state index contributed by atoms with van der Waals surface area (Å²) in [7, 11) is 1.95. The number of rotatable bonds is 9. The monoisotopic (exact) mass is 616 g/mol. The Morgan fingerprint density at radius 1 is 1.12 bits per heavy atom. The second-order valence-corrected chi connectivity index (χ2v) is 10.5. The average Bonchev–Trinajstić information content (AvgIpc) is 2.98. The van der Waals surface area contributed by atoms with Crippen LogP contribution in [0.1, 0.15) is 22.8 Å². The molecule has 3 heterocycles. The number of alkyl halides is 3. The molecule has 0 unspecified atom stereocenters. The lowest BCUT2D eigenvalue weighted by Crippen LogP contribution is -2.47. The Bertz CT molecular complexity index is 1690. The van der Waals surface area contributed by atoms with Crippen molar-refractivity contribution in [3.63, 3.8) is 0 Å². The fourth-order valence-electron chi connectivity index (χ4n) is 5.05. The summed E-state index contributed by atoms with van der Waals surface area (Å²) >= 11 is 5.23. The highest BCUT2D eigenvalue weighted by Crippen LogP contribution is 2.42. The molecule has 10 nitrogen and oxygen atoms in total. The van der Waals surface area contributed by atoms with Crippen LogP contribution in [-0.4, -0.2) is 75.9 Å². The quantitative estimate of drug-likeness (QED) is 0.271. The molecule has 14 heteroatoms. The number of benzene rings is 2. The number of piperazine rings is 1. The van der Waals surface area contributed by atoms with Gasteiger partial charge in [0.05, 0.1) is 5.39 Å². The maximum Gasteiger partial charge on any atom is 0.487 e. The van der Waals surface area contributed by atoms with Crippen LogP contribution in [-0.2, 0) is 6.54 Å². The number of halogens is 4. The number of carboxylic acid groups (broad SMARTS) is 1. The minimum Gasteiger partial charge on any atom is -0.477 e. The average molecular weight is 617 g/mol. The van der Waals surface area contributed by atoms with Crippen molar-refractivity contribution in [2.45, 2.75) is 19.0 Å². The van der Waals surface area contributed by atoms with E-state index in [0.29, 0.717) is 31.3 Å². The molecule has 1 N–H and O–H groups in total. The zero-order valence-corrected chi connectivity index (χ0v) is 24.1. The summed E-state index contributed by atoms with van der Waals surface area (Å²) in [5.41, 5.74) is -5.32. The Morgan fingerprint density at radius 3 is 2.33 bits per heavy atom. The first-order valence-corrected chi connectivity index (χ1v) is 13.8. The minimum atomic E-state index is -4.28. The van der Waals surface area contributed by atoms with Crippen molar-refractivity contribution in [3.8, 4) is 11.4 Å². The Labute approximate surface area is 249 Å². The summed E-state index contributed by atoms with van der Waals surface area (Å²) in [6.45, 7) is 4.44. The number of hydrogen-bond acceptors (Lipinski definition) is 8. The van der Waals surface area contributed by atoms with Crippen LogP contribution < -0.4 is 20.0 Å². The molecule has 2 aromatic heterocycles. The number of aromatic carboxylic acids is 1. The van der Waals surface area contributed by atoms with E-state index in [0.717, 1.165) is 24.4 Å². The van der Waals surface area contributed by atoms with Gasteiger partial charge in [-0.15, -0.1) is 8.78 Å². The van der Waals surface area contributed by atoms with Crippen molar-refractivity contribution in [1.82, 2.24) is 19.4 Å². The molecule has 2 aromatic carbocycles. The lowest BCUT2D eigenvalue weighted by molar-refractivity contribution is -0.0955. The molecule has 1 fully saturated rings. The molecular formula is C29H28ClF3N6O4. The van der Waals surface area contributed by atoms with Crippen molar-refractivity contribution in [2.75, 3.05) is 49.6 Å². The zero-order valence-electron chi connectivity index (χ0n) is 23.3.